The van der Waals surface area contributed by atoms with E-state index in [1.165, 1.54) is 17.3 Å². The molecule has 0 aliphatic carbocycles. The predicted octanol–water partition coefficient (Wildman–Crippen LogP) is 2.30. The summed E-state index contributed by atoms with van der Waals surface area (Å²) in [5.74, 6) is 0.459. The van der Waals surface area contributed by atoms with Gasteiger partial charge >= 0.3 is 0 Å². The third-order valence-electron chi connectivity index (χ3n) is 3.10. The summed E-state index contributed by atoms with van der Waals surface area (Å²) >= 11 is 6.31. The first-order valence-electron chi connectivity index (χ1n) is 6.32. The average molecular weight is 305 g/mol. The number of hydrogen-bond donors (Lipinski definition) is 1. The second kappa shape index (κ2) is 4.63. The number of hydrogen-bond acceptors (Lipinski definition) is 5. The first-order chi connectivity index (χ1) is 9.93. The molecule has 0 unspecified atom stereocenters. The van der Waals surface area contributed by atoms with Crippen LogP contribution in [0.1, 0.15) is 36.8 Å². The molecule has 108 valence electrons. The molecule has 0 aliphatic rings. The van der Waals surface area contributed by atoms with Crippen LogP contribution in [0.4, 0.5) is 0 Å². The summed E-state index contributed by atoms with van der Waals surface area (Å²) in [6.45, 7) is 5.90. The molecule has 3 aromatic heterocycles. The van der Waals surface area contributed by atoms with E-state index in [-0.39, 0.29) is 10.6 Å². The number of fused-ring (bicyclic) bond motifs is 1. The van der Waals surface area contributed by atoms with Gasteiger partial charge in [0.2, 0.25) is 0 Å². The molecule has 0 saturated carbocycles. The number of aromatic nitrogens is 6. The fraction of sp³-hybridized carbons (Fsp3) is 0.308. The van der Waals surface area contributed by atoms with Crippen LogP contribution in [0.2, 0.25) is 5.15 Å². The molecule has 0 fully saturated rings. The monoisotopic (exact) mass is 304 g/mol. The van der Waals surface area contributed by atoms with Gasteiger partial charge in [-0.2, -0.15) is 5.10 Å². The number of nitrogens with one attached hydrogen (secondary N) is 1. The van der Waals surface area contributed by atoms with Crippen LogP contribution in [0.3, 0.4) is 0 Å². The molecule has 0 amide bonds. The van der Waals surface area contributed by atoms with Crippen LogP contribution in [0.5, 0.6) is 0 Å². The lowest BCUT2D eigenvalue weighted by atomic mass is 9.90. The molecular formula is C13H13ClN6O. The van der Waals surface area contributed by atoms with Gasteiger partial charge in [0.1, 0.15) is 17.0 Å². The van der Waals surface area contributed by atoms with Crippen molar-refractivity contribution in [3.05, 3.63) is 29.1 Å². The second-order valence-electron chi connectivity index (χ2n) is 5.63. The fourth-order valence-corrected chi connectivity index (χ4v) is 2.37. The van der Waals surface area contributed by atoms with E-state index >= 15 is 0 Å². The van der Waals surface area contributed by atoms with E-state index in [1.807, 2.05) is 20.8 Å². The standard InChI is InChI=1S/C13H13ClN6O/c1-13(2,3)9-7(4-21)10(14)20(19-9)12-8-11(16-5-15-8)17-6-18-12/h4-6H,1-3H3,(H,15,16,17,18). The van der Waals surface area contributed by atoms with E-state index in [2.05, 4.69) is 25.0 Å². The normalized spacial score (nSPS) is 12.0. The highest BCUT2D eigenvalue weighted by atomic mass is 35.5. The molecule has 0 saturated heterocycles. The lowest BCUT2D eigenvalue weighted by molar-refractivity contribution is 0.112. The van der Waals surface area contributed by atoms with Crippen LogP contribution >= 0.6 is 11.6 Å². The van der Waals surface area contributed by atoms with E-state index in [0.717, 1.165) is 6.29 Å². The molecule has 0 aromatic carbocycles. The van der Waals surface area contributed by atoms with Crippen molar-refractivity contribution in [2.24, 2.45) is 0 Å². The Kier molecular flexibility index (Phi) is 3.02. The summed E-state index contributed by atoms with van der Waals surface area (Å²) in [6, 6.07) is 0. The van der Waals surface area contributed by atoms with Crippen molar-refractivity contribution in [2.45, 2.75) is 26.2 Å². The third-order valence-corrected chi connectivity index (χ3v) is 3.46. The second-order valence-corrected chi connectivity index (χ2v) is 5.99. The Morgan fingerprint density at radius 2 is 2.05 bits per heavy atom. The summed E-state index contributed by atoms with van der Waals surface area (Å²) < 4.78 is 1.44. The van der Waals surface area contributed by atoms with Crippen molar-refractivity contribution in [1.29, 1.82) is 0 Å². The predicted molar refractivity (Wildman–Crippen MR) is 77.9 cm³/mol. The molecule has 0 bridgehead atoms. The van der Waals surface area contributed by atoms with Gasteiger partial charge < -0.3 is 4.98 Å². The zero-order valence-electron chi connectivity index (χ0n) is 11.8. The molecule has 7 nitrogen and oxygen atoms in total. The molecule has 0 atom stereocenters. The summed E-state index contributed by atoms with van der Waals surface area (Å²) in [4.78, 5) is 26.6. The van der Waals surface area contributed by atoms with Crippen molar-refractivity contribution < 1.29 is 4.79 Å². The number of carbonyl (C=O) groups excluding carboxylic acids is 1. The molecular weight excluding hydrogens is 292 g/mol. The molecule has 3 heterocycles. The number of halogens is 1. The van der Waals surface area contributed by atoms with Gasteiger partial charge in [-0.15, -0.1) is 0 Å². The summed E-state index contributed by atoms with van der Waals surface area (Å²) in [7, 11) is 0. The maximum absolute atomic E-state index is 11.4. The van der Waals surface area contributed by atoms with Crippen LogP contribution in [-0.4, -0.2) is 36.0 Å². The molecule has 0 radical (unpaired) electrons. The molecule has 1 N–H and O–H groups in total. The maximum atomic E-state index is 11.4. The van der Waals surface area contributed by atoms with Gasteiger partial charge in [-0.3, -0.25) is 4.79 Å². The summed E-state index contributed by atoms with van der Waals surface area (Å²) in [6.07, 6.45) is 3.62. The smallest absolute Gasteiger partial charge is 0.184 e. The number of aromatic amines is 1. The van der Waals surface area contributed by atoms with E-state index in [1.54, 1.807) is 0 Å². The first kappa shape index (κ1) is 13.7. The third kappa shape index (κ3) is 2.09. The number of aldehydes is 1. The molecule has 8 heteroatoms. The Morgan fingerprint density at radius 3 is 2.67 bits per heavy atom. The van der Waals surface area contributed by atoms with Gasteiger partial charge in [-0.05, 0) is 0 Å². The summed E-state index contributed by atoms with van der Waals surface area (Å²) in [5, 5.41) is 4.69. The number of carbonyl (C=O) groups is 1. The quantitative estimate of drug-likeness (QED) is 0.734. The van der Waals surface area contributed by atoms with Crippen molar-refractivity contribution in [2.75, 3.05) is 0 Å². The largest absolute Gasteiger partial charge is 0.340 e. The van der Waals surface area contributed by atoms with Crippen LogP contribution < -0.4 is 0 Å². The topological polar surface area (TPSA) is 89.3 Å². The molecule has 21 heavy (non-hydrogen) atoms. The van der Waals surface area contributed by atoms with Crippen molar-refractivity contribution in [1.82, 2.24) is 29.7 Å². The fourth-order valence-electron chi connectivity index (χ4n) is 2.12. The van der Waals surface area contributed by atoms with E-state index in [4.69, 9.17) is 11.6 Å². The molecule has 0 spiro atoms. The van der Waals surface area contributed by atoms with E-state index < -0.39 is 0 Å². The Hall–Kier alpha value is -2.28. The van der Waals surface area contributed by atoms with Gasteiger partial charge in [0.15, 0.2) is 17.8 Å². The minimum atomic E-state index is -0.314. The number of imidazole rings is 1. The highest BCUT2D eigenvalue weighted by Gasteiger charge is 2.27. The van der Waals surface area contributed by atoms with Gasteiger partial charge in [0, 0.05) is 5.41 Å². The van der Waals surface area contributed by atoms with Crippen molar-refractivity contribution in [3.8, 4) is 5.82 Å². The van der Waals surface area contributed by atoms with Gasteiger partial charge in [0.05, 0.1) is 17.6 Å². The van der Waals surface area contributed by atoms with Gasteiger partial charge in [0.25, 0.3) is 0 Å². The van der Waals surface area contributed by atoms with Gasteiger partial charge in [-0.1, -0.05) is 32.4 Å². The maximum Gasteiger partial charge on any atom is 0.184 e. The average Bonchev–Trinajstić information content (AvgIpc) is 3.01. The highest BCUT2D eigenvalue weighted by molar-refractivity contribution is 6.32. The van der Waals surface area contributed by atoms with Crippen molar-refractivity contribution >= 4 is 29.1 Å². The highest BCUT2D eigenvalue weighted by Crippen LogP contribution is 2.31. The molecule has 3 aromatic rings. The van der Waals surface area contributed by atoms with Crippen molar-refractivity contribution in [3.63, 3.8) is 0 Å². The number of rotatable bonds is 2. The van der Waals surface area contributed by atoms with Crippen LogP contribution in [0.15, 0.2) is 12.7 Å². The van der Waals surface area contributed by atoms with Crippen LogP contribution in [0, 0.1) is 0 Å². The Bertz CT molecular complexity index is 829. The number of nitrogens with zero attached hydrogens (tertiary/aromatic N) is 5. The zero-order chi connectivity index (χ0) is 15.2. The van der Waals surface area contributed by atoms with E-state index in [0.29, 0.717) is 28.2 Å². The van der Waals surface area contributed by atoms with Crippen LogP contribution in [-0.2, 0) is 5.41 Å². The minimum Gasteiger partial charge on any atom is -0.340 e. The minimum absolute atomic E-state index is 0.226. The first-order valence-corrected chi connectivity index (χ1v) is 6.70. The van der Waals surface area contributed by atoms with E-state index in [9.17, 15) is 4.79 Å². The Balaban J connectivity index is 2.31. The zero-order valence-corrected chi connectivity index (χ0v) is 12.5. The molecule has 0 aliphatic heterocycles. The Morgan fingerprint density at radius 1 is 1.29 bits per heavy atom. The lowest BCUT2D eigenvalue weighted by Crippen LogP contribution is -2.15. The molecule has 3 rings (SSSR count). The SMILES string of the molecule is CC(C)(C)c1nn(-c2ncnc3nc[nH]c23)c(Cl)c1C=O. The number of H-pyrrole nitrogens is 1. The van der Waals surface area contributed by atoms with Crippen LogP contribution in [0.25, 0.3) is 17.0 Å². The lowest BCUT2D eigenvalue weighted by Gasteiger charge is -2.15. The Labute approximate surface area is 125 Å². The van der Waals surface area contributed by atoms with Gasteiger partial charge in [-0.25, -0.2) is 19.6 Å². The summed E-state index contributed by atoms with van der Waals surface area (Å²) in [5.41, 5.74) is 1.80.